The molecule has 1 aromatic rings. The molecule has 4 heteroatoms. The van der Waals surface area contributed by atoms with E-state index in [0.29, 0.717) is 59.8 Å². The number of likely N-dealkylation sites (tertiary alicyclic amines) is 1. The summed E-state index contributed by atoms with van der Waals surface area (Å²) in [5.41, 5.74) is 16.7. The molecule has 2 saturated heterocycles. The van der Waals surface area contributed by atoms with Crippen molar-refractivity contribution in [2.45, 2.75) is 154 Å². The second-order valence-corrected chi connectivity index (χ2v) is 22.4. The third kappa shape index (κ3) is 8.15. The van der Waals surface area contributed by atoms with Crippen molar-refractivity contribution < 1.29 is 0 Å². The van der Waals surface area contributed by atoms with E-state index in [0.717, 1.165) is 44.9 Å². The van der Waals surface area contributed by atoms with Crippen molar-refractivity contribution in [2.75, 3.05) is 0 Å². The van der Waals surface area contributed by atoms with Crippen LogP contribution in [0.15, 0.2) is 197 Å². The number of fused-ring (bicyclic) bond motifs is 5. The van der Waals surface area contributed by atoms with Crippen molar-refractivity contribution >= 4 is 0 Å². The van der Waals surface area contributed by atoms with Crippen molar-refractivity contribution in [1.29, 1.82) is 0 Å². The lowest BCUT2D eigenvalue weighted by Crippen LogP contribution is -2.58. The topological polar surface area (TPSA) is 30.5 Å². The van der Waals surface area contributed by atoms with Crippen LogP contribution in [0.25, 0.3) is 0 Å². The second kappa shape index (κ2) is 19.2. The number of allylic oxidation sites excluding steroid dienone is 18. The quantitative estimate of drug-likeness (QED) is 0.182. The Bertz CT molecular complexity index is 2540. The SMILES string of the molecule is C=CC1=C(CCCC2C=C3C4C=CC=CC4N(C(C=C)CCCC)[C@H]3CC2)N(C2=CC3=C(CC2C)C2=C(CC([C@H]4NC(C5=CCCC=C5)CC(c5ccccc5)N4)C=C2)C3(C)C)C2=CC=CCC21. The summed E-state index contributed by atoms with van der Waals surface area (Å²) in [6.45, 7) is 18.7. The van der Waals surface area contributed by atoms with Crippen LogP contribution >= 0.6 is 0 Å². The van der Waals surface area contributed by atoms with Gasteiger partial charge in [0.05, 0.1) is 6.17 Å². The fourth-order valence-corrected chi connectivity index (χ4v) is 14.6. The van der Waals surface area contributed by atoms with E-state index in [1.807, 2.05) is 0 Å². The van der Waals surface area contributed by atoms with Gasteiger partial charge in [0.25, 0.3) is 0 Å². The number of benzene rings is 1. The average Bonchev–Trinajstić information content (AvgIpc) is 3.95. The summed E-state index contributed by atoms with van der Waals surface area (Å²) in [6, 6.07) is 13.3. The Balaban J connectivity index is 0.827. The van der Waals surface area contributed by atoms with Gasteiger partial charge in [0, 0.05) is 76.4 Å². The van der Waals surface area contributed by atoms with E-state index < -0.39 is 0 Å². The molecule has 11 rings (SSSR count). The fourth-order valence-electron chi connectivity index (χ4n) is 14.6. The molecule has 10 aliphatic rings. The minimum absolute atomic E-state index is 0.0438. The smallest absolute Gasteiger partial charge is 0.0649 e. The third-order valence-electron chi connectivity index (χ3n) is 18.1. The number of unbranched alkanes of at least 4 members (excludes halogenated alkanes) is 1. The van der Waals surface area contributed by atoms with Gasteiger partial charge in [-0.3, -0.25) is 15.5 Å². The summed E-state index contributed by atoms with van der Waals surface area (Å²) < 4.78 is 0. The zero-order valence-corrected chi connectivity index (χ0v) is 41.7. The number of hydrogen-bond donors (Lipinski definition) is 2. The first-order valence-electron chi connectivity index (χ1n) is 27.1. The van der Waals surface area contributed by atoms with Gasteiger partial charge in [-0.2, -0.15) is 0 Å². The molecule has 11 atom stereocenters. The van der Waals surface area contributed by atoms with Gasteiger partial charge >= 0.3 is 0 Å². The molecule has 2 fully saturated rings. The van der Waals surface area contributed by atoms with Gasteiger partial charge in [0.1, 0.15) is 0 Å². The van der Waals surface area contributed by atoms with Crippen molar-refractivity contribution in [3.05, 3.63) is 202 Å². The summed E-state index contributed by atoms with van der Waals surface area (Å²) in [6.07, 6.45) is 55.4. The molecule has 4 nitrogen and oxygen atoms in total. The molecule has 0 spiro atoms. The van der Waals surface area contributed by atoms with Gasteiger partial charge in [0.15, 0.2) is 0 Å². The first kappa shape index (κ1) is 45.7. The monoisotopic (exact) mass is 903 g/mol. The minimum atomic E-state index is -0.0438. The molecule has 0 bridgehead atoms. The normalized spacial score (nSPS) is 33.9. The summed E-state index contributed by atoms with van der Waals surface area (Å²) in [5, 5.41) is 8.29. The molecule has 0 radical (unpaired) electrons. The molecule has 3 heterocycles. The van der Waals surface area contributed by atoms with Crippen LogP contribution in [-0.2, 0) is 0 Å². The molecule has 354 valence electrons. The maximum atomic E-state index is 4.50. The highest BCUT2D eigenvalue weighted by atomic mass is 15.2. The van der Waals surface area contributed by atoms with Crippen LogP contribution in [-0.4, -0.2) is 40.1 Å². The largest absolute Gasteiger partial charge is 0.320 e. The molecular weight excluding hydrogens is 825 g/mol. The summed E-state index contributed by atoms with van der Waals surface area (Å²) in [5.74, 6) is 2.30. The highest BCUT2D eigenvalue weighted by molar-refractivity contribution is 5.65. The van der Waals surface area contributed by atoms with Crippen molar-refractivity contribution in [2.24, 2.45) is 35.0 Å². The van der Waals surface area contributed by atoms with Crippen molar-refractivity contribution in [1.82, 2.24) is 20.4 Å². The Labute approximate surface area is 410 Å². The Kier molecular flexibility index (Phi) is 12.9. The Morgan fingerprint density at radius 1 is 0.912 bits per heavy atom. The standard InChI is InChI=1S/C64H78N4/c1-7-10-27-47(8-2)67-59-30-19-18-29-51(59)53-38-43(33-36-61(53)67)22-21-32-58-48(9-3)50-28-17-20-31-60(50)68(58)62-40-55-52(37-42(62)4)49-35-34-46(39-54(49)64(55,5)6)63-65-56(44-23-13-11-14-24-44)41-57(66-63)45-25-15-12-16-26-45/h8-9,11,13-15,17-20,23-26,29-31,34-35,38,40,42-43,46-47,50-51,56-57,59,61,63,65-66H,2-3,7,10,12,16,21-22,27-28,32-33,36-37,39,41H2,1,4-6H3/t42?,43?,46?,47?,50?,51?,56?,57?,59?,61-,63+/m0/s1. The zero-order valence-electron chi connectivity index (χ0n) is 41.7. The molecule has 68 heavy (non-hydrogen) atoms. The zero-order chi connectivity index (χ0) is 46.5. The fraction of sp³-hybridized carbons (Fsp3) is 0.469. The number of nitrogens with one attached hydrogen (secondary N) is 2. The van der Waals surface area contributed by atoms with Gasteiger partial charge in [-0.1, -0.05) is 168 Å². The minimum Gasteiger partial charge on any atom is -0.320 e. The van der Waals surface area contributed by atoms with Crippen LogP contribution in [0.5, 0.6) is 0 Å². The Morgan fingerprint density at radius 3 is 2.57 bits per heavy atom. The van der Waals surface area contributed by atoms with Gasteiger partial charge in [-0.15, -0.1) is 6.58 Å². The lowest BCUT2D eigenvalue weighted by Gasteiger charge is -2.43. The van der Waals surface area contributed by atoms with Crippen molar-refractivity contribution in [3.8, 4) is 0 Å². The van der Waals surface area contributed by atoms with E-state index in [1.54, 1.807) is 22.3 Å². The van der Waals surface area contributed by atoms with Gasteiger partial charge in [-0.25, -0.2) is 0 Å². The molecular formula is C64H78N4. The van der Waals surface area contributed by atoms with Gasteiger partial charge in [0.2, 0.25) is 0 Å². The molecule has 0 aromatic heterocycles. The Morgan fingerprint density at radius 2 is 1.76 bits per heavy atom. The van der Waals surface area contributed by atoms with E-state index in [1.165, 1.54) is 84.3 Å². The number of rotatable bonds is 14. The highest BCUT2D eigenvalue weighted by Crippen LogP contribution is 2.58. The Hall–Kier alpha value is -4.74. The summed E-state index contributed by atoms with van der Waals surface area (Å²) in [4.78, 5) is 5.61. The third-order valence-corrected chi connectivity index (χ3v) is 18.1. The molecule has 9 unspecified atom stereocenters. The van der Waals surface area contributed by atoms with Crippen molar-refractivity contribution in [3.63, 3.8) is 0 Å². The lowest BCUT2D eigenvalue weighted by molar-refractivity contribution is 0.156. The van der Waals surface area contributed by atoms with E-state index in [-0.39, 0.29) is 11.6 Å². The number of nitrogens with zero attached hydrogens (tertiary/aromatic N) is 2. The van der Waals surface area contributed by atoms with Gasteiger partial charge < -0.3 is 4.90 Å². The van der Waals surface area contributed by atoms with E-state index in [2.05, 4.69) is 189 Å². The summed E-state index contributed by atoms with van der Waals surface area (Å²) >= 11 is 0. The predicted octanol–water partition coefficient (Wildman–Crippen LogP) is 14.7. The van der Waals surface area contributed by atoms with Crippen LogP contribution in [0.3, 0.4) is 0 Å². The van der Waals surface area contributed by atoms with Crippen LogP contribution < -0.4 is 10.6 Å². The molecule has 1 aromatic carbocycles. The highest BCUT2D eigenvalue weighted by Gasteiger charge is 2.48. The summed E-state index contributed by atoms with van der Waals surface area (Å²) in [7, 11) is 0. The van der Waals surface area contributed by atoms with E-state index in [4.69, 9.17) is 0 Å². The molecule has 7 aliphatic carbocycles. The van der Waals surface area contributed by atoms with E-state index in [9.17, 15) is 0 Å². The van der Waals surface area contributed by atoms with Crippen LogP contribution in [0.4, 0.5) is 0 Å². The lowest BCUT2D eigenvalue weighted by atomic mass is 9.73. The second-order valence-electron chi connectivity index (χ2n) is 22.4. The molecule has 3 aliphatic heterocycles. The molecule has 0 amide bonds. The first-order valence-corrected chi connectivity index (χ1v) is 27.1. The van der Waals surface area contributed by atoms with Crippen LogP contribution in [0, 0.1) is 35.0 Å². The maximum Gasteiger partial charge on any atom is 0.0649 e. The maximum absolute atomic E-state index is 4.50. The average molecular weight is 903 g/mol. The molecule has 2 N–H and O–H groups in total. The van der Waals surface area contributed by atoms with Gasteiger partial charge in [-0.05, 0) is 134 Å². The number of hydrogen-bond acceptors (Lipinski definition) is 4. The van der Waals surface area contributed by atoms with Crippen LogP contribution in [0.1, 0.15) is 129 Å². The molecule has 0 saturated carbocycles. The first-order chi connectivity index (χ1) is 33.3. The predicted molar refractivity (Wildman–Crippen MR) is 285 cm³/mol. The van der Waals surface area contributed by atoms with E-state index >= 15 is 0 Å². The van der Waals surface area contributed by atoms with Crippen LogP contribution in [0.2, 0.25) is 0 Å².